The van der Waals surface area contributed by atoms with Crippen molar-refractivity contribution in [2.24, 2.45) is 0 Å². The van der Waals surface area contributed by atoms with E-state index in [0.717, 1.165) is 19.4 Å². The highest BCUT2D eigenvalue weighted by Crippen LogP contribution is 2.17. The molecule has 0 aliphatic rings. The second-order valence-corrected chi connectivity index (χ2v) is 4.51. The average molecular weight is 260 g/mol. The fourth-order valence-corrected chi connectivity index (χ4v) is 1.72. The summed E-state index contributed by atoms with van der Waals surface area (Å²) < 4.78 is 13.4. The Kier molecular flexibility index (Phi) is 4.55. The van der Waals surface area contributed by atoms with E-state index in [-0.39, 0.29) is 5.82 Å². The van der Waals surface area contributed by atoms with Crippen molar-refractivity contribution in [3.05, 3.63) is 34.1 Å². The highest BCUT2D eigenvalue weighted by molar-refractivity contribution is 9.10. The second-order valence-electron chi connectivity index (χ2n) is 3.66. The molecule has 0 N–H and O–H groups in total. The molecule has 3 heteroatoms. The van der Waals surface area contributed by atoms with Crippen LogP contribution < -0.4 is 0 Å². The monoisotopic (exact) mass is 259 g/mol. The molecule has 1 aromatic rings. The van der Waals surface area contributed by atoms with Crippen molar-refractivity contribution < 1.29 is 4.39 Å². The second kappa shape index (κ2) is 5.47. The molecule has 0 heterocycles. The molecule has 0 spiro atoms. The third kappa shape index (κ3) is 3.76. The maximum atomic E-state index is 12.9. The number of benzene rings is 1. The van der Waals surface area contributed by atoms with E-state index in [1.165, 1.54) is 11.6 Å². The van der Waals surface area contributed by atoms with Crippen molar-refractivity contribution in [1.29, 1.82) is 0 Å². The van der Waals surface area contributed by atoms with Crippen LogP contribution in [0.15, 0.2) is 22.7 Å². The largest absolute Gasteiger partial charge is 0.309 e. The Hall–Kier alpha value is -0.410. The standard InChI is InChI=1S/C11H15BrFN/c1-14(2)7-3-4-9-5-6-11(13)10(12)8-9/h5-6,8H,3-4,7H2,1-2H3. The first-order valence-electron chi connectivity index (χ1n) is 4.68. The lowest BCUT2D eigenvalue weighted by Gasteiger charge is -2.09. The third-order valence-corrected chi connectivity index (χ3v) is 2.66. The molecule has 1 nitrogen and oxygen atoms in total. The lowest BCUT2D eigenvalue weighted by atomic mass is 10.1. The molecule has 0 atom stereocenters. The SMILES string of the molecule is CN(C)CCCc1ccc(F)c(Br)c1. The van der Waals surface area contributed by atoms with Gasteiger partial charge in [0, 0.05) is 0 Å². The van der Waals surface area contributed by atoms with E-state index in [0.29, 0.717) is 4.47 Å². The summed E-state index contributed by atoms with van der Waals surface area (Å²) in [6.45, 7) is 1.06. The van der Waals surface area contributed by atoms with Crippen LogP contribution in [0.2, 0.25) is 0 Å². The molecule has 0 aromatic heterocycles. The van der Waals surface area contributed by atoms with Crippen LogP contribution in [-0.2, 0) is 6.42 Å². The van der Waals surface area contributed by atoms with Gasteiger partial charge in [0.2, 0.25) is 0 Å². The summed E-state index contributed by atoms with van der Waals surface area (Å²) >= 11 is 3.18. The van der Waals surface area contributed by atoms with Gasteiger partial charge < -0.3 is 4.90 Å². The summed E-state index contributed by atoms with van der Waals surface area (Å²) in [7, 11) is 4.11. The maximum absolute atomic E-state index is 12.9. The van der Waals surface area contributed by atoms with E-state index in [4.69, 9.17) is 0 Å². The zero-order valence-corrected chi connectivity index (χ0v) is 10.1. The quantitative estimate of drug-likeness (QED) is 0.804. The van der Waals surface area contributed by atoms with Gasteiger partial charge in [-0.25, -0.2) is 4.39 Å². The van der Waals surface area contributed by atoms with E-state index in [2.05, 4.69) is 34.9 Å². The normalized spacial score (nSPS) is 10.9. The average Bonchev–Trinajstić information content (AvgIpc) is 2.10. The van der Waals surface area contributed by atoms with Crippen LogP contribution in [0.4, 0.5) is 4.39 Å². The van der Waals surface area contributed by atoms with Gasteiger partial charge in [0.1, 0.15) is 5.82 Å². The van der Waals surface area contributed by atoms with Gasteiger partial charge in [0.05, 0.1) is 4.47 Å². The number of hydrogen-bond donors (Lipinski definition) is 0. The molecule has 14 heavy (non-hydrogen) atoms. The van der Waals surface area contributed by atoms with Gasteiger partial charge in [-0.2, -0.15) is 0 Å². The van der Waals surface area contributed by atoms with Crippen molar-refractivity contribution in [3.63, 3.8) is 0 Å². The Morgan fingerprint density at radius 3 is 2.64 bits per heavy atom. The Bertz CT molecular complexity index is 299. The van der Waals surface area contributed by atoms with Crippen LogP contribution in [0, 0.1) is 5.82 Å². The third-order valence-electron chi connectivity index (χ3n) is 2.05. The van der Waals surface area contributed by atoms with Gasteiger partial charge in [-0.3, -0.25) is 0 Å². The minimum Gasteiger partial charge on any atom is -0.309 e. The summed E-state index contributed by atoms with van der Waals surface area (Å²) in [6, 6.07) is 5.20. The predicted octanol–water partition coefficient (Wildman–Crippen LogP) is 3.08. The molecule has 0 bridgehead atoms. The molecular weight excluding hydrogens is 245 g/mol. The molecule has 0 unspecified atom stereocenters. The Labute approximate surface area is 93.0 Å². The van der Waals surface area contributed by atoms with Crippen LogP contribution in [0.5, 0.6) is 0 Å². The van der Waals surface area contributed by atoms with Gasteiger partial charge in [-0.05, 0) is 67.1 Å². The van der Waals surface area contributed by atoms with Crippen LogP contribution in [0.3, 0.4) is 0 Å². The number of nitrogens with zero attached hydrogens (tertiary/aromatic N) is 1. The Morgan fingerprint density at radius 1 is 1.36 bits per heavy atom. The summed E-state index contributed by atoms with van der Waals surface area (Å²) in [5.41, 5.74) is 1.18. The summed E-state index contributed by atoms with van der Waals surface area (Å²) in [4.78, 5) is 2.15. The van der Waals surface area contributed by atoms with Crippen molar-refractivity contribution in [3.8, 4) is 0 Å². The van der Waals surface area contributed by atoms with E-state index in [1.807, 2.05) is 12.1 Å². The van der Waals surface area contributed by atoms with Crippen LogP contribution in [0.1, 0.15) is 12.0 Å². The van der Waals surface area contributed by atoms with E-state index in [9.17, 15) is 4.39 Å². The number of aryl methyl sites for hydroxylation is 1. The smallest absolute Gasteiger partial charge is 0.137 e. The van der Waals surface area contributed by atoms with Crippen molar-refractivity contribution in [2.45, 2.75) is 12.8 Å². The van der Waals surface area contributed by atoms with Gasteiger partial charge in [0.15, 0.2) is 0 Å². The van der Waals surface area contributed by atoms with E-state index >= 15 is 0 Å². The topological polar surface area (TPSA) is 3.24 Å². The van der Waals surface area contributed by atoms with Gasteiger partial charge in [-0.15, -0.1) is 0 Å². The minimum atomic E-state index is -0.193. The van der Waals surface area contributed by atoms with Crippen molar-refractivity contribution in [1.82, 2.24) is 4.90 Å². The first-order valence-corrected chi connectivity index (χ1v) is 5.47. The molecule has 0 amide bonds. The molecule has 0 saturated carbocycles. The highest BCUT2D eigenvalue weighted by Gasteiger charge is 2.00. The predicted molar refractivity (Wildman–Crippen MR) is 61.0 cm³/mol. The van der Waals surface area contributed by atoms with Crippen LogP contribution in [-0.4, -0.2) is 25.5 Å². The fourth-order valence-electron chi connectivity index (χ4n) is 1.29. The molecule has 0 fully saturated rings. The Morgan fingerprint density at radius 2 is 2.07 bits per heavy atom. The van der Waals surface area contributed by atoms with Crippen molar-refractivity contribution in [2.75, 3.05) is 20.6 Å². The molecule has 78 valence electrons. The zero-order chi connectivity index (χ0) is 10.6. The summed E-state index contributed by atoms with van der Waals surface area (Å²) in [5, 5.41) is 0. The van der Waals surface area contributed by atoms with Crippen LogP contribution >= 0.6 is 15.9 Å². The molecule has 0 radical (unpaired) electrons. The lowest BCUT2D eigenvalue weighted by molar-refractivity contribution is 0.400. The lowest BCUT2D eigenvalue weighted by Crippen LogP contribution is -2.13. The minimum absolute atomic E-state index is 0.193. The molecular formula is C11H15BrFN. The molecule has 0 saturated heterocycles. The first kappa shape index (κ1) is 11.7. The molecule has 1 rings (SSSR count). The zero-order valence-electron chi connectivity index (χ0n) is 8.56. The maximum Gasteiger partial charge on any atom is 0.137 e. The fraction of sp³-hybridized carbons (Fsp3) is 0.455. The number of hydrogen-bond acceptors (Lipinski definition) is 1. The van der Waals surface area contributed by atoms with E-state index in [1.54, 1.807) is 0 Å². The van der Waals surface area contributed by atoms with Gasteiger partial charge >= 0.3 is 0 Å². The molecule has 0 aliphatic carbocycles. The van der Waals surface area contributed by atoms with Gasteiger partial charge in [0.25, 0.3) is 0 Å². The highest BCUT2D eigenvalue weighted by atomic mass is 79.9. The Balaban J connectivity index is 2.47. The number of rotatable bonds is 4. The molecule has 1 aromatic carbocycles. The molecule has 0 aliphatic heterocycles. The van der Waals surface area contributed by atoms with Gasteiger partial charge in [-0.1, -0.05) is 6.07 Å². The summed E-state index contributed by atoms with van der Waals surface area (Å²) in [5.74, 6) is -0.193. The first-order chi connectivity index (χ1) is 6.59. The summed E-state index contributed by atoms with van der Waals surface area (Å²) in [6.07, 6.45) is 2.10. The van der Waals surface area contributed by atoms with Crippen molar-refractivity contribution >= 4 is 15.9 Å². The van der Waals surface area contributed by atoms with E-state index < -0.39 is 0 Å². The van der Waals surface area contributed by atoms with Crippen LogP contribution in [0.25, 0.3) is 0 Å². The number of halogens is 2.